The molecule has 0 spiro atoms. The summed E-state index contributed by atoms with van der Waals surface area (Å²) < 4.78 is 16.8. The van der Waals surface area contributed by atoms with Crippen molar-refractivity contribution in [2.75, 3.05) is 12.8 Å². The molecule has 4 aromatic rings. The summed E-state index contributed by atoms with van der Waals surface area (Å²) in [6, 6.07) is 17.3. The zero-order chi connectivity index (χ0) is 23.9. The van der Waals surface area contributed by atoms with Gasteiger partial charge in [-0.2, -0.15) is 9.78 Å². The van der Waals surface area contributed by atoms with Crippen LogP contribution in [0.1, 0.15) is 34.2 Å². The van der Waals surface area contributed by atoms with Crippen molar-refractivity contribution in [2.45, 2.75) is 20.1 Å². The number of aromatic nitrogens is 5. The molecular formula is C22H22N8O4. The van der Waals surface area contributed by atoms with Crippen LogP contribution in [0.5, 0.6) is 5.75 Å². The number of hydrazone groups is 1. The van der Waals surface area contributed by atoms with E-state index in [1.54, 1.807) is 6.92 Å². The van der Waals surface area contributed by atoms with E-state index in [0.29, 0.717) is 18.0 Å². The first-order valence-electron chi connectivity index (χ1n) is 10.2. The predicted molar refractivity (Wildman–Crippen MR) is 121 cm³/mol. The molecule has 1 amide bonds. The molecule has 0 aliphatic heterocycles. The number of methoxy groups -OCH3 is 1. The number of nitrogen functional groups attached to an aromatic ring is 1. The lowest BCUT2D eigenvalue weighted by atomic mass is 10.1. The van der Waals surface area contributed by atoms with Crippen LogP contribution in [0.4, 0.5) is 5.82 Å². The van der Waals surface area contributed by atoms with Crippen molar-refractivity contribution < 1.29 is 18.9 Å². The molecule has 0 aliphatic rings. The fourth-order valence-corrected chi connectivity index (χ4v) is 3.04. The van der Waals surface area contributed by atoms with Crippen molar-refractivity contribution >= 4 is 17.4 Å². The number of anilines is 1. The van der Waals surface area contributed by atoms with Crippen molar-refractivity contribution in [1.29, 1.82) is 0 Å². The van der Waals surface area contributed by atoms with Gasteiger partial charge in [-0.3, -0.25) is 4.79 Å². The van der Waals surface area contributed by atoms with E-state index in [-0.39, 0.29) is 23.9 Å². The van der Waals surface area contributed by atoms with Crippen molar-refractivity contribution in [2.24, 2.45) is 5.10 Å². The number of amides is 1. The van der Waals surface area contributed by atoms with Gasteiger partial charge in [-0.25, -0.2) is 10.1 Å². The highest BCUT2D eigenvalue weighted by Gasteiger charge is 2.23. The summed E-state index contributed by atoms with van der Waals surface area (Å²) in [6.07, 6.45) is 0. The van der Waals surface area contributed by atoms with Crippen LogP contribution >= 0.6 is 0 Å². The van der Waals surface area contributed by atoms with Gasteiger partial charge in [-0.1, -0.05) is 35.5 Å². The Morgan fingerprint density at radius 3 is 2.56 bits per heavy atom. The summed E-state index contributed by atoms with van der Waals surface area (Å²) in [5.41, 5.74) is 11.0. The normalized spacial score (nSPS) is 11.4. The van der Waals surface area contributed by atoms with Gasteiger partial charge >= 0.3 is 0 Å². The second-order valence-electron chi connectivity index (χ2n) is 7.14. The number of nitrogens with one attached hydrogen (secondary N) is 1. The Kier molecular flexibility index (Phi) is 6.89. The first kappa shape index (κ1) is 22.6. The Bertz CT molecular complexity index is 1280. The van der Waals surface area contributed by atoms with E-state index in [2.05, 4.69) is 35.8 Å². The first-order valence-corrected chi connectivity index (χ1v) is 10.2. The van der Waals surface area contributed by atoms with Gasteiger partial charge in [0.25, 0.3) is 5.91 Å². The number of nitrogens with zero attached hydrogens (tertiary/aromatic N) is 6. The Hall–Kier alpha value is -4.58. The fraction of sp³-hybridized carbons (Fsp3) is 0.182. The molecule has 34 heavy (non-hydrogen) atoms. The lowest BCUT2D eigenvalue weighted by molar-refractivity contribution is 0.0944. The number of carbonyl (C=O) groups is 1. The van der Waals surface area contributed by atoms with Gasteiger partial charge in [0, 0.05) is 7.11 Å². The second kappa shape index (κ2) is 10.4. The van der Waals surface area contributed by atoms with Gasteiger partial charge in [-0.05, 0) is 52.6 Å². The summed E-state index contributed by atoms with van der Waals surface area (Å²) >= 11 is 0. The number of benzene rings is 2. The third-order valence-corrected chi connectivity index (χ3v) is 4.80. The summed E-state index contributed by atoms with van der Waals surface area (Å²) in [7, 11) is 1.47. The van der Waals surface area contributed by atoms with Crippen LogP contribution < -0.4 is 15.9 Å². The fourth-order valence-electron chi connectivity index (χ4n) is 3.04. The molecule has 2 heterocycles. The van der Waals surface area contributed by atoms with Gasteiger partial charge in [0.2, 0.25) is 11.6 Å². The average molecular weight is 462 g/mol. The maximum atomic E-state index is 12.7. The van der Waals surface area contributed by atoms with Crippen molar-refractivity contribution in [3.05, 3.63) is 77.1 Å². The summed E-state index contributed by atoms with van der Waals surface area (Å²) in [6.45, 7) is 2.27. The van der Waals surface area contributed by atoms with E-state index in [1.165, 1.54) is 11.8 Å². The average Bonchev–Trinajstić information content (AvgIpc) is 3.48. The molecule has 0 bridgehead atoms. The summed E-state index contributed by atoms with van der Waals surface area (Å²) in [4.78, 5) is 12.7. The van der Waals surface area contributed by atoms with E-state index in [9.17, 15) is 4.79 Å². The third-order valence-electron chi connectivity index (χ3n) is 4.80. The zero-order valence-corrected chi connectivity index (χ0v) is 18.5. The van der Waals surface area contributed by atoms with Crippen LogP contribution in [-0.4, -0.2) is 44.0 Å². The highest BCUT2D eigenvalue weighted by atomic mass is 16.6. The Morgan fingerprint density at radius 2 is 1.88 bits per heavy atom. The van der Waals surface area contributed by atoms with E-state index < -0.39 is 5.91 Å². The van der Waals surface area contributed by atoms with Crippen molar-refractivity contribution in [1.82, 2.24) is 30.7 Å². The number of rotatable bonds is 9. The van der Waals surface area contributed by atoms with Crippen LogP contribution in [0.25, 0.3) is 5.82 Å². The molecule has 0 saturated heterocycles. The lowest BCUT2D eigenvalue weighted by Gasteiger charge is -2.08. The molecule has 2 aromatic carbocycles. The standard InChI is InChI=1S/C22H22N8O4/c1-14(16-8-10-17(11-9-16)33-12-15-6-4-3-5-7-15)24-26-22(31)19-18(13-32-2)30(29-25-19)21-20(23)27-34-28-21/h3-11H,12-13H2,1-2H3,(H2,23,27)(H,26,31). The minimum Gasteiger partial charge on any atom is -0.489 e. The van der Waals surface area contributed by atoms with E-state index in [4.69, 9.17) is 15.2 Å². The maximum Gasteiger partial charge on any atom is 0.293 e. The molecule has 12 nitrogen and oxygen atoms in total. The van der Waals surface area contributed by atoms with E-state index >= 15 is 0 Å². The smallest absolute Gasteiger partial charge is 0.293 e. The monoisotopic (exact) mass is 462 g/mol. The Balaban J connectivity index is 1.42. The Morgan fingerprint density at radius 1 is 1.12 bits per heavy atom. The highest BCUT2D eigenvalue weighted by Crippen LogP contribution is 2.17. The van der Waals surface area contributed by atoms with Crippen LogP contribution in [0.2, 0.25) is 0 Å². The van der Waals surface area contributed by atoms with Crippen LogP contribution in [-0.2, 0) is 18.0 Å². The van der Waals surface area contributed by atoms with Crippen LogP contribution in [0.15, 0.2) is 64.3 Å². The second-order valence-corrected chi connectivity index (χ2v) is 7.14. The number of hydrogen-bond donors (Lipinski definition) is 2. The molecule has 0 radical (unpaired) electrons. The van der Waals surface area contributed by atoms with Gasteiger partial charge in [-0.15, -0.1) is 5.10 Å². The number of nitrogens with two attached hydrogens (primary N) is 1. The lowest BCUT2D eigenvalue weighted by Crippen LogP contribution is -2.22. The number of carbonyl (C=O) groups excluding carboxylic acids is 1. The maximum absolute atomic E-state index is 12.7. The molecule has 0 fully saturated rings. The summed E-state index contributed by atoms with van der Waals surface area (Å²) in [5, 5.41) is 19.2. The molecule has 0 atom stereocenters. The van der Waals surface area contributed by atoms with Crippen LogP contribution in [0.3, 0.4) is 0 Å². The topological polar surface area (TPSA) is 156 Å². The van der Waals surface area contributed by atoms with Crippen LogP contribution in [0, 0.1) is 0 Å². The predicted octanol–water partition coefficient (Wildman–Crippen LogP) is 2.11. The molecule has 174 valence electrons. The SMILES string of the molecule is COCc1c(C(=O)NN=C(C)c2ccc(OCc3ccccc3)cc2)nnn1-c1nonc1N. The minimum absolute atomic E-state index is 0.000675. The molecule has 12 heteroatoms. The van der Waals surface area contributed by atoms with Crippen molar-refractivity contribution in [3.8, 4) is 11.6 Å². The quantitative estimate of drug-likeness (QED) is 0.281. The molecule has 0 unspecified atom stereocenters. The van der Waals surface area contributed by atoms with Crippen molar-refractivity contribution in [3.63, 3.8) is 0 Å². The Labute approximate surface area is 194 Å². The van der Waals surface area contributed by atoms with E-state index in [1.807, 2.05) is 54.6 Å². The van der Waals surface area contributed by atoms with Gasteiger partial charge in [0.05, 0.1) is 12.3 Å². The zero-order valence-electron chi connectivity index (χ0n) is 18.5. The molecule has 4 rings (SSSR count). The number of ether oxygens (including phenoxy) is 2. The molecule has 2 aromatic heterocycles. The molecule has 3 N–H and O–H groups in total. The summed E-state index contributed by atoms with van der Waals surface area (Å²) in [5.74, 6) is 0.259. The van der Waals surface area contributed by atoms with Gasteiger partial charge < -0.3 is 15.2 Å². The largest absolute Gasteiger partial charge is 0.489 e. The first-order chi connectivity index (χ1) is 16.6. The molecule has 0 saturated carbocycles. The molecular weight excluding hydrogens is 440 g/mol. The van der Waals surface area contributed by atoms with Gasteiger partial charge in [0.15, 0.2) is 5.69 Å². The molecule has 0 aliphatic carbocycles. The minimum atomic E-state index is -0.574. The van der Waals surface area contributed by atoms with E-state index in [0.717, 1.165) is 16.9 Å². The number of hydrogen-bond acceptors (Lipinski definition) is 10. The van der Waals surface area contributed by atoms with Gasteiger partial charge in [0.1, 0.15) is 18.1 Å². The third kappa shape index (κ3) is 5.07. The highest BCUT2D eigenvalue weighted by molar-refractivity contribution is 6.00.